The maximum atomic E-state index is 12.8. The maximum absolute atomic E-state index is 12.8. The Labute approximate surface area is 158 Å². The lowest BCUT2D eigenvalue weighted by Crippen LogP contribution is -2.37. The molecule has 0 spiro atoms. The van der Waals surface area contributed by atoms with Gasteiger partial charge in [0, 0.05) is 37.8 Å². The minimum Gasteiger partial charge on any atom is -0.497 e. The highest BCUT2D eigenvalue weighted by molar-refractivity contribution is 5.91. The molecule has 0 radical (unpaired) electrons. The molecule has 0 unspecified atom stereocenters. The van der Waals surface area contributed by atoms with Gasteiger partial charge in [-0.2, -0.15) is 0 Å². The Balaban J connectivity index is 1.62. The summed E-state index contributed by atoms with van der Waals surface area (Å²) in [6, 6.07) is 8.79. The summed E-state index contributed by atoms with van der Waals surface area (Å²) in [5.41, 5.74) is 0.816. The van der Waals surface area contributed by atoms with Crippen LogP contribution in [0.3, 0.4) is 0 Å². The van der Waals surface area contributed by atoms with Crippen molar-refractivity contribution < 1.29 is 23.5 Å². The van der Waals surface area contributed by atoms with Gasteiger partial charge in [0.15, 0.2) is 5.76 Å². The van der Waals surface area contributed by atoms with Crippen molar-refractivity contribution in [2.24, 2.45) is 0 Å². The molecule has 0 N–H and O–H groups in total. The third kappa shape index (κ3) is 4.42. The van der Waals surface area contributed by atoms with E-state index in [4.69, 9.17) is 13.9 Å². The number of methoxy groups -OCH3 is 2. The molecule has 0 atom stereocenters. The first-order valence-electron chi connectivity index (χ1n) is 8.94. The second-order valence-electron chi connectivity index (χ2n) is 6.36. The van der Waals surface area contributed by atoms with Crippen LogP contribution in [0.15, 0.2) is 41.0 Å². The van der Waals surface area contributed by atoms with E-state index in [2.05, 4.69) is 0 Å². The Morgan fingerprint density at radius 1 is 1.04 bits per heavy atom. The lowest BCUT2D eigenvalue weighted by Gasteiger charge is -2.22. The zero-order valence-electron chi connectivity index (χ0n) is 15.6. The second-order valence-corrected chi connectivity index (χ2v) is 6.36. The molecule has 1 aromatic heterocycles. The average Bonchev–Trinajstić information content (AvgIpc) is 3.12. The number of benzene rings is 1. The summed E-state index contributed by atoms with van der Waals surface area (Å²) in [6.07, 6.45) is 2.47. The minimum atomic E-state index is -0.133. The van der Waals surface area contributed by atoms with E-state index in [1.165, 1.54) is 6.26 Å². The average molecular weight is 372 g/mol. The smallest absolute Gasteiger partial charge is 0.289 e. The highest BCUT2D eigenvalue weighted by atomic mass is 16.5. The van der Waals surface area contributed by atoms with Gasteiger partial charge in [-0.25, -0.2) is 0 Å². The Bertz CT molecular complexity index is 788. The molecule has 144 valence electrons. The van der Waals surface area contributed by atoms with Crippen molar-refractivity contribution in [2.45, 2.75) is 12.8 Å². The number of hydrogen-bond acceptors (Lipinski definition) is 5. The van der Waals surface area contributed by atoms with Crippen LogP contribution < -0.4 is 9.47 Å². The molecule has 2 aromatic rings. The van der Waals surface area contributed by atoms with Crippen molar-refractivity contribution in [3.05, 3.63) is 47.9 Å². The van der Waals surface area contributed by atoms with Gasteiger partial charge in [-0.05, 0) is 24.6 Å². The molecule has 1 aliphatic heterocycles. The van der Waals surface area contributed by atoms with Gasteiger partial charge in [0.25, 0.3) is 5.91 Å². The predicted octanol–water partition coefficient (Wildman–Crippen LogP) is 2.21. The van der Waals surface area contributed by atoms with Crippen molar-refractivity contribution in [3.63, 3.8) is 0 Å². The molecule has 1 aliphatic rings. The topological polar surface area (TPSA) is 72.2 Å². The van der Waals surface area contributed by atoms with E-state index in [9.17, 15) is 9.59 Å². The van der Waals surface area contributed by atoms with Gasteiger partial charge >= 0.3 is 0 Å². The van der Waals surface area contributed by atoms with Crippen LogP contribution >= 0.6 is 0 Å². The summed E-state index contributed by atoms with van der Waals surface area (Å²) in [7, 11) is 3.17. The Kier molecular flexibility index (Phi) is 6.01. The zero-order chi connectivity index (χ0) is 19.2. The van der Waals surface area contributed by atoms with Gasteiger partial charge in [-0.3, -0.25) is 9.59 Å². The van der Waals surface area contributed by atoms with E-state index < -0.39 is 0 Å². The molecule has 1 aromatic carbocycles. The molecule has 2 amide bonds. The maximum Gasteiger partial charge on any atom is 0.289 e. The first-order chi connectivity index (χ1) is 13.1. The van der Waals surface area contributed by atoms with Gasteiger partial charge in [0.1, 0.15) is 11.5 Å². The lowest BCUT2D eigenvalue weighted by molar-refractivity contribution is -0.130. The third-order valence-corrected chi connectivity index (χ3v) is 4.70. The van der Waals surface area contributed by atoms with Crippen molar-refractivity contribution >= 4 is 11.8 Å². The first kappa shape index (κ1) is 18.8. The molecule has 0 aliphatic carbocycles. The van der Waals surface area contributed by atoms with Gasteiger partial charge in [0.2, 0.25) is 5.91 Å². The quantitative estimate of drug-likeness (QED) is 0.805. The van der Waals surface area contributed by atoms with Crippen molar-refractivity contribution in [1.29, 1.82) is 0 Å². The Morgan fingerprint density at radius 2 is 1.81 bits per heavy atom. The van der Waals surface area contributed by atoms with E-state index in [1.54, 1.807) is 42.2 Å². The first-order valence-corrected chi connectivity index (χ1v) is 8.94. The molecule has 1 fully saturated rings. The van der Waals surface area contributed by atoms with Crippen molar-refractivity contribution in [3.8, 4) is 11.5 Å². The van der Waals surface area contributed by atoms with Crippen LogP contribution in [0.4, 0.5) is 0 Å². The fourth-order valence-electron chi connectivity index (χ4n) is 3.20. The van der Waals surface area contributed by atoms with Crippen LogP contribution in [0, 0.1) is 0 Å². The van der Waals surface area contributed by atoms with Crippen LogP contribution in [0.5, 0.6) is 11.5 Å². The number of furan rings is 1. The van der Waals surface area contributed by atoms with Crippen LogP contribution in [0.1, 0.15) is 22.5 Å². The normalized spacial score (nSPS) is 14.6. The fourth-order valence-corrected chi connectivity index (χ4v) is 3.20. The third-order valence-electron chi connectivity index (χ3n) is 4.70. The minimum absolute atomic E-state index is 0.0192. The number of rotatable bonds is 5. The van der Waals surface area contributed by atoms with E-state index in [0.717, 1.165) is 12.0 Å². The van der Waals surface area contributed by atoms with E-state index in [1.807, 2.05) is 12.1 Å². The summed E-state index contributed by atoms with van der Waals surface area (Å²) >= 11 is 0. The highest BCUT2D eigenvalue weighted by Gasteiger charge is 2.24. The number of amides is 2. The molecule has 7 heteroatoms. The number of ether oxygens (including phenoxy) is 2. The molecule has 2 heterocycles. The molecule has 0 bridgehead atoms. The molecular weight excluding hydrogens is 348 g/mol. The van der Waals surface area contributed by atoms with Crippen LogP contribution in [-0.4, -0.2) is 62.0 Å². The van der Waals surface area contributed by atoms with Crippen LogP contribution in [0.2, 0.25) is 0 Å². The number of hydrogen-bond donors (Lipinski definition) is 0. The number of carbonyl (C=O) groups is 2. The largest absolute Gasteiger partial charge is 0.497 e. The molecule has 1 saturated heterocycles. The zero-order valence-corrected chi connectivity index (χ0v) is 15.6. The van der Waals surface area contributed by atoms with Gasteiger partial charge in [-0.15, -0.1) is 0 Å². The molecule has 27 heavy (non-hydrogen) atoms. The summed E-state index contributed by atoms with van der Waals surface area (Å²) in [5.74, 6) is 1.53. The van der Waals surface area contributed by atoms with Crippen LogP contribution in [-0.2, 0) is 11.2 Å². The highest BCUT2D eigenvalue weighted by Crippen LogP contribution is 2.25. The molecule has 7 nitrogen and oxygen atoms in total. The Hall–Kier alpha value is -2.96. The number of carbonyl (C=O) groups excluding carboxylic acids is 2. The number of nitrogens with zero attached hydrogens (tertiary/aromatic N) is 2. The molecule has 0 saturated carbocycles. The monoisotopic (exact) mass is 372 g/mol. The van der Waals surface area contributed by atoms with Crippen molar-refractivity contribution in [2.75, 3.05) is 40.4 Å². The second kappa shape index (κ2) is 8.62. The fraction of sp³-hybridized carbons (Fsp3) is 0.400. The predicted molar refractivity (Wildman–Crippen MR) is 99.1 cm³/mol. The summed E-state index contributed by atoms with van der Waals surface area (Å²) < 4.78 is 15.8. The van der Waals surface area contributed by atoms with Crippen molar-refractivity contribution in [1.82, 2.24) is 9.80 Å². The SMILES string of the molecule is COc1ccc(CC(=O)N2CCCN(C(=O)c3ccco3)CC2)c(OC)c1. The van der Waals surface area contributed by atoms with Crippen LogP contribution in [0.25, 0.3) is 0 Å². The summed E-state index contributed by atoms with van der Waals surface area (Å²) in [5, 5.41) is 0. The van der Waals surface area contributed by atoms with Gasteiger partial charge < -0.3 is 23.7 Å². The summed E-state index contributed by atoms with van der Waals surface area (Å²) in [6.45, 7) is 2.23. The van der Waals surface area contributed by atoms with E-state index in [0.29, 0.717) is 43.4 Å². The molecule has 3 rings (SSSR count). The van der Waals surface area contributed by atoms with E-state index >= 15 is 0 Å². The van der Waals surface area contributed by atoms with Gasteiger partial charge in [0.05, 0.1) is 26.9 Å². The van der Waals surface area contributed by atoms with E-state index in [-0.39, 0.29) is 18.2 Å². The Morgan fingerprint density at radius 3 is 2.52 bits per heavy atom. The summed E-state index contributed by atoms with van der Waals surface area (Å²) in [4.78, 5) is 28.7. The molecular formula is C20H24N2O5. The standard InChI is InChI=1S/C20H24N2O5/c1-25-16-7-6-15(18(14-16)26-2)13-19(23)21-8-4-9-22(11-10-21)20(24)17-5-3-12-27-17/h3,5-7,12,14H,4,8-11,13H2,1-2H3. The van der Waals surface area contributed by atoms with Gasteiger partial charge in [-0.1, -0.05) is 6.07 Å². The lowest BCUT2D eigenvalue weighted by atomic mass is 10.1.